The molecule has 6 heteroatoms. The molecule has 0 aliphatic carbocycles. The number of hydrogen-bond donors (Lipinski definition) is 2. The second-order valence-electron chi connectivity index (χ2n) is 4.05. The number of nitrogen functional groups attached to an aromatic ring is 1. The lowest BCUT2D eigenvalue weighted by Crippen LogP contribution is -2.05. The van der Waals surface area contributed by atoms with Crippen molar-refractivity contribution in [3.8, 4) is 5.88 Å². The molecule has 0 bridgehead atoms. The molecule has 0 saturated carbocycles. The minimum Gasteiger partial charge on any atom is -0.477 e. The van der Waals surface area contributed by atoms with Gasteiger partial charge in [-0.05, 0) is 12.3 Å². The largest absolute Gasteiger partial charge is 0.477 e. The van der Waals surface area contributed by atoms with E-state index in [1.807, 2.05) is 0 Å². The van der Waals surface area contributed by atoms with Crippen molar-refractivity contribution < 1.29 is 4.74 Å². The quantitative estimate of drug-likeness (QED) is 0.813. The summed E-state index contributed by atoms with van der Waals surface area (Å²) < 4.78 is 5.58. The van der Waals surface area contributed by atoms with E-state index >= 15 is 0 Å². The third-order valence-electron chi connectivity index (χ3n) is 2.23. The number of aromatic nitrogens is 4. The van der Waals surface area contributed by atoms with Crippen LogP contribution < -0.4 is 10.5 Å². The monoisotopic (exact) mass is 221 g/mol. The van der Waals surface area contributed by atoms with Crippen molar-refractivity contribution in [2.24, 2.45) is 5.92 Å². The number of nitrogens with one attached hydrogen (secondary N) is 1. The summed E-state index contributed by atoms with van der Waals surface area (Å²) >= 11 is 0. The highest BCUT2D eigenvalue weighted by molar-refractivity contribution is 5.80. The second kappa shape index (κ2) is 4.34. The molecule has 0 atom stereocenters. The fourth-order valence-electron chi connectivity index (χ4n) is 1.33. The number of rotatable bonds is 4. The van der Waals surface area contributed by atoms with Crippen LogP contribution in [0, 0.1) is 5.92 Å². The van der Waals surface area contributed by atoms with E-state index in [0.717, 1.165) is 11.8 Å². The third-order valence-corrected chi connectivity index (χ3v) is 2.23. The van der Waals surface area contributed by atoms with Gasteiger partial charge in [0.2, 0.25) is 11.8 Å². The van der Waals surface area contributed by atoms with E-state index in [9.17, 15) is 0 Å². The predicted molar refractivity (Wildman–Crippen MR) is 61.0 cm³/mol. The van der Waals surface area contributed by atoms with Gasteiger partial charge in [-0.25, -0.2) is 0 Å². The Hall–Kier alpha value is -1.85. The fourth-order valence-corrected chi connectivity index (χ4v) is 1.33. The summed E-state index contributed by atoms with van der Waals surface area (Å²) in [6.45, 7) is 4.91. The van der Waals surface area contributed by atoms with E-state index in [1.165, 1.54) is 0 Å². The molecule has 0 aromatic carbocycles. The molecule has 2 aromatic heterocycles. The van der Waals surface area contributed by atoms with Gasteiger partial charge >= 0.3 is 0 Å². The number of H-pyrrole nitrogens is 1. The van der Waals surface area contributed by atoms with Crippen molar-refractivity contribution in [1.29, 1.82) is 0 Å². The zero-order chi connectivity index (χ0) is 11.5. The van der Waals surface area contributed by atoms with Gasteiger partial charge in [-0.1, -0.05) is 13.8 Å². The van der Waals surface area contributed by atoms with Crippen LogP contribution in [0.2, 0.25) is 0 Å². The Labute approximate surface area is 93.2 Å². The molecule has 2 aromatic rings. The minimum absolute atomic E-state index is 0.191. The van der Waals surface area contributed by atoms with Crippen LogP contribution in [-0.2, 0) is 0 Å². The first kappa shape index (κ1) is 10.7. The molecule has 0 spiro atoms. The van der Waals surface area contributed by atoms with Gasteiger partial charge < -0.3 is 10.5 Å². The van der Waals surface area contributed by atoms with Crippen molar-refractivity contribution in [3.05, 3.63) is 6.20 Å². The van der Waals surface area contributed by atoms with Crippen LogP contribution in [0.25, 0.3) is 11.0 Å². The first-order chi connectivity index (χ1) is 7.66. The van der Waals surface area contributed by atoms with Gasteiger partial charge in [0.05, 0.1) is 12.8 Å². The van der Waals surface area contributed by atoms with Crippen LogP contribution in [0.15, 0.2) is 6.20 Å². The lowest BCUT2D eigenvalue weighted by atomic mass is 10.1. The number of fused-ring (bicyclic) bond motifs is 1. The Bertz CT molecular complexity index is 479. The topological polar surface area (TPSA) is 89.7 Å². The van der Waals surface area contributed by atoms with Gasteiger partial charge in [0, 0.05) is 0 Å². The van der Waals surface area contributed by atoms with E-state index in [2.05, 4.69) is 34.0 Å². The third kappa shape index (κ3) is 2.21. The summed E-state index contributed by atoms with van der Waals surface area (Å²) in [6, 6.07) is 0. The minimum atomic E-state index is 0.191. The number of anilines is 1. The van der Waals surface area contributed by atoms with Gasteiger partial charge in [-0.2, -0.15) is 15.1 Å². The van der Waals surface area contributed by atoms with E-state index in [4.69, 9.17) is 10.5 Å². The maximum Gasteiger partial charge on any atom is 0.229 e. The molecule has 0 radical (unpaired) electrons. The van der Waals surface area contributed by atoms with Crippen LogP contribution in [0.1, 0.15) is 20.3 Å². The smallest absolute Gasteiger partial charge is 0.229 e. The Morgan fingerprint density at radius 1 is 1.44 bits per heavy atom. The zero-order valence-electron chi connectivity index (χ0n) is 9.40. The average molecular weight is 221 g/mol. The highest BCUT2D eigenvalue weighted by atomic mass is 16.5. The molecule has 16 heavy (non-hydrogen) atoms. The van der Waals surface area contributed by atoms with Crippen molar-refractivity contribution in [2.45, 2.75) is 20.3 Å². The molecule has 6 nitrogen and oxygen atoms in total. The van der Waals surface area contributed by atoms with Gasteiger partial charge in [-0.15, -0.1) is 0 Å². The Balaban J connectivity index is 2.19. The number of aromatic amines is 1. The van der Waals surface area contributed by atoms with Crippen LogP contribution in [0.3, 0.4) is 0 Å². The van der Waals surface area contributed by atoms with E-state index < -0.39 is 0 Å². The van der Waals surface area contributed by atoms with Gasteiger partial charge in [0.1, 0.15) is 5.39 Å². The highest BCUT2D eigenvalue weighted by Crippen LogP contribution is 2.21. The molecule has 0 saturated heterocycles. The molecule has 86 valence electrons. The molecular formula is C10H15N5O. The first-order valence-corrected chi connectivity index (χ1v) is 5.26. The van der Waals surface area contributed by atoms with E-state index in [-0.39, 0.29) is 5.95 Å². The van der Waals surface area contributed by atoms with E-state index in [1.54, 1.807) is 6.20 Å². The van der Waals surface area contributed by atoms with Crippen LogP contribution in [-0.4, -0.2) is 26.8 Å². The summed E-state index contributed by atoms with van der Waals surface area (Å²) in [5.74, 6) is 1.28. The summed E-state index contributed by atoms with van der Waals surface area (Å²) in [5, 5.41) is 7.38. The Kier molecular flexibility index (Phi) is 2.89. The molecule has 2 heterocycles. The van der Waals surface area contributed by atoms with Gasteiger partial charge in [0.25, 0.3) is 0 Å². The first-order valence-electron chi connectivity index (χ1n) is 5.26. The maximum atomic E-state index is 5.58. The Morgan fingerprint density at radius 3 is 3.00 bits per heavy atom. The van der Waals surface area contributed by atoms with Crippen molar-refractivity contribution in [2.75, 3.05) is 12.3 Å². The highest BCUT2D eigenvalue weighted by Gasteiger charge is 2.09. The summed E-state index contributed by atoms with van der Waals surface area (Å²) in [4.78, 5) is 8.06. The van der Waals surface area contributed by atoms with Crippen LogP contribution in [0.5, 0.6) is 5.88 Å². The van der Waals surface area contributed by atoms with Crippen molar-refractivity contribution >= 4 is 17.0 Å². The second-order valence-corrected chi connectivity index (χ2v) is 4.05. The summed E-state index contributed by atoms with van der Waals surface area (Å²) in [5.41, 5.74) is 6.17. The van der Waals surface area contributed by atoms with Crippen LogP contribution in [0.4, 0.5) is 5.95 Å². The molecule has 0 amide bonds. The molecule has 0 aliphatic rings. The van der Waals surface area contributed by atoms with Crippen molar-refractivity contribution in [1.82, 2.24) is 20.2 Å². The molecular weight excluding hydrogens is 206 g/mol. The average Bonchev–Trinajstić information content (AvgIpc) is 2.64. The molecule has 0 unspecified atom stereocenters. The number of ether oxygens (including phenoxy) is 1. The molecule has 0 fully saturated rings. The number of nitrogens with zero attached hydrogens (tertiary/aromatic N) is 3. The summed E-state index contributed by atoms with van der Waals surface area (Å²) in [7, 11) is 0. The standard InChI is InChI=1S/C10H15N5O/c1-6(2)3-4-16-9-7-5-12-15-8(7)13-10(11)14-9/h5-6H,3-4H2,1-2H3,(H3,11,12,13,14,15). The van der Waals surface area contributed by atoms with E-state index in [0.29, 0.717) is 24.1 Å². The number of hydrogen-bond acceptors (Lipinski definition) is 5. The molecule has 3 N–H and O–H groups in total. The summed E-state index contributed by atoms with van der Waals surface area (Å²) in [6.07, 6.45) is 2.61. The van der Waals surface area contributed by atoms with Crippen LogP contribution >= 0.6 is 0 Å². The Morgan fingerprint density at radius 2 is 2.25 bits per heavy atom. The zero-order valence-corrected chi connectivity index (χ0v) is 9.40. The fraction of sp³-hybridized carbons (Fsp3) is 0.500. The molecule has 2 rings (SSSR count). The normalized spacial score (nSPS) is 11.2. The predicted octanol–water partition coefficient (Wildman–Crippen LogP) is 1.36. The lowest BCUT2D eigenvalue weighted by Gasteiger charge is -2.07. The van der Waals surface area contributed by atoms with Gasteiger partial charge in [0.15, 0.2) is 5.65 Å². The number of nitrogens with two attached hydrogens (primary N) is 1. The van der Waals surface area contributed by atoms with Crippen molar-refractivity contribution in [3.63, 3.8) is 0 Å². The SMILES string of the molecule is CC(C)CCOc1nc(N)nc2[nH]ncc12. The lowest BCUT2D eigenvalue weighted by molar-refractivity contribution is 0.283. The van der Waals surface area contributed by atoms with Gasteiger partial charge in [-0.3, -0.25) is 5.10 Å². The molecule has 0 aliphatic heterocycles. The maximum absolute atomic E-state index is 5.58.